The molecule has 0 radical (unpaired) electrons. The van der Waals surface area contributed by atoms with Crippen LogP contribution >= 0.6 is 0 Å². The summed E-state index contributed by atoms with van der Waals surface area (Å²) in [6.45, 7) is 7.61. The zero-order chi connectivity index (χ0) is 21.1. The van der Waals surface area contributed by atoms with Crippen LogP contribution in [-0.4, -0.2) is 43.9 Å². The van der Waals surface area contributed by atoms with E-state index in [0.29, 0.717) is 19.8 Å². The summed E-state index contributed by atoms with van der Waals surface area (Å²) in [7, 11) is 0. The summed E-state index contributed by atoms with van der Waals surface area (Å²) in [4.78, 5) is 25.1. The Morgan fingerprint density at radius 2 is 1.97 bits per heavy atom. The van der Waals surface area contributed by atoms with Crippen LogP contribution in [-0.2, 0) is 25.5 Å². The lowest BCUT2D eigenvalue weighted by atomic mass is 9.91. The summed E-state index contributed by atoms with van der Waals surface area (Å²) in [5, 5.41) is 5.99. The molecular formula is C23H36N2O4. The van der Waals surface area contributed by atoms with Crippen molar-refractivity contribution in [2.75, 3.05) is 19.8 Å². The van der Waals surface area contributed by atoms with Crippen molar-refractivity contribution in [3.8, 4) is 0 Å². The van der Waals surface area contributed by atoms with E-state index in [0.717, 1.165) is 25.7 Å². The lowest BCUT2D eigenvalue weighted by Crippen LogP contribution is -2.46. The first-order valence-corrected chi connectivity index (χ1v) is 10.9. The minimum absolute atomic E-state index is 0.0670. The van der Waals surface area contributed by atoms with Crippen molar-refractivity contribution in [2.24, 2.45) is 11.8 Å². The topological polar surface area (TPSA) is 76.7 Å². The molecule has 1 aliphatic rings. The fourth-order valence-electron chi connectivity index (χ4n) is 3.55. The molecule has 0 aromatic heterocycles. The predicted octanol–water partition coefficient (Wildman–Crippen LogP) is 3.06. The molecule has 6 heteroatoms. The molecule has 2 N–H and O–H groups in total. The molecule has 2 rings (SSSR count). The zero-order valence-electron chi connectivity index (χ0n) is 18.0. The third-order valence-corrected chi connectivity index (χ3v) is 5.30. The second-order valence-electron chi connectivity index (χ2n) is 7.95. The number of carbonyl (C=O) groups is 2. The fraction of sp³-hybridized carbons (Fsp3) is 0.652. The number of nitrogens with one attached hydrogen (secondary N) is 2. The molecule has 2 amide bonds. The smallest absolute Gasteiger partial charge is 0.224 e. The highest BCUT2D eigenvalue weighted by atomic mass is 16.7. The SMILES string of the molecule is CCOC1OCCC1NC(=O)[C@@H](CC(=O)NCCCCc1ccccc1)C(C)C. The fourth-order valence-corrected chi connectivity index (χ4v) is 3.55. The van der Waals surface area contributed by atoms with Crippen LogP contribution in [0.4, 0.5) is 0 Å². The number of hydrogen-bond donors (Lipinski definition) is 2. The summed E-state index contributed by atoms with van der Waals surface area (Å²) in [5.74, 6) is -0.448. The highest BCUT2D eigenvalue weighted by Gasteiger charge is 2.33. The quantitative estimate of drug-likeness (QED) is 0.525. The summed E-state index contributed by atoms with van der Waals surface area (Å²) in [6.07, 6.45) is 3.51. The Hall–Kier alpha value is -1.92. The Morgan fingerprint density at radius 3 is 2.66 bits per heavy atom. The van der Waals surface area contributed by atoms with Crippen molar-refractivity contribution in [3.05, 3.63) is 35.9 Å². The first kappa shape index (κ1) is 23.4. The number of aryl methyl sites for hydroxylation is 1. The Labute approximate surface area is 174 Å². The second kappa shape index (κ2) is 12.6. The minimum atomic E-state index is -0.393. The standard InChI is InChI=1S/C23H36N2O4/c1-4-28-23-20(13-15-29-23)25-22(27)19(17(2)3)16-21(26)24-14-9-8-12-18-10-6-5-7-11-18/h5-7,10-11,17,19-20,23H,4,8-9,12-16H2,1-3H3,(H,24,26)(H,25,27)/t19-,20?,23?/m0/s1. The van der Waals surface area contributed by atoms with Crippen molar-refractivity contribution in [1.29, 1.82) is 0 Å². The van der Waals surface area contributed by atoms with Gasteiger partial charge in [0, 0.05) is 25.5 Å². The minimum Gasteiger partial charge on any atom is -0.356 e. The molecule has 1 aromatic rings. The van der Waals surface area contributed by atoms with E-state index in [1.807, 2.05) is 39.0 Å². The number of unbranched alkanes of at least 4 members (excludes halogenated alkanes) is 1. The number of ether oxygens (including phenoxy) is 2. The summed E-state index contributed by atoms with van der Waals surface area (Å²) < 4.78 is 11.0. The third kappa shape index (κ3) is 8.15. The van der Waals surface area contributed by atoms with Gasteiger partial charge in [-0.25, -0.2) is 0 Å². The Kier molecular flexibility index (Phi) is 10.2. The lowest BCUT2D eigenvalue weighted by molar-refractivity contribution is -0.138. The third-order valence-electron chi connectivity index (χ3n) is 5.30. The van der Waals surface area contributed by atoms with E-state index in [1.54, 1.807) is 0 Å². The van der Waals surface area contributed by atoms with Gasteiger partial charge in [0.25, 0.3) is 0 Å². The highest BCUT2D eigenvalue weighted by Crippen LogP contribution is 2.19. The molecule has 162 valence electrons. The second-order valence-corrected chi connectivity index (χ2v) is 7.95. The van der Waals surface area contributed by atoms with Crippen LogP contribution in [0.15, 0.2) is 30.3 Å². The van der Waals surface area contributed by atoms with Gasteiger partial charge in [0.15, 0.2) is 6.29 Å². The molecule has 0 saturated carbocycles. The number of carbonyl (C=O) groups excluding carboxylic acids is 2. The van der Waals surface area contributed by atoms with Crippen molar-refractivity contribution in [1.82, 2.24) is 10.6 Å². The Bertz CT molecular complexity index is 621. The van der Waals surface area contributed by atoms with Crippen LogP contribution in [0.3, 0.4) is 0 Å². The highest BCUT2D eigenvalue weighted by molar-refractivity contribution is 5.86. The van der Waals surface area contributed by atoms with Gasteiger partial charge in [-0.15, -0.1) is 0 Å². The maximum atomic E-state index is 12.8. The molecule has 29 heavy (non-hydrogen) atoms. The summed E-state index contributed by atoms with van der Waals surface area (Å²) in [6, 6.07) is 10.2. The van der Waals surface area contributed by atoms with Crippen LogP contribution in [0, 0.1) is 11.8 Å². The van der Waals surface area contributed by atoms with Crippen molar-refractivity contribution in [2.45, 2.75) is 65.2 Å². The average Bonchev–Trinajstić information content (AvgIpc) is 3.13. The van der Waals surface area contributed by atoms with Gasteiger partial charge in [0.2, 0.25) is 11.8 Å². The van der Waals surface area contributed by atoms with E-state index < -0.39 is 6.29 Å². The van der Waals surface area contributed by atoms with Gasteiger partial charge in [-0.3, -0.25) is 9.59 Å². The Morgan fingerprint density at radius 1 is 1.21 bits per heavy atom. The van der Waals surface area contributed by atoms with Crippen LogP contribution in [0.2, 0.25) is 0 Å². The largest absolute Gasteiger partial charge is 0.356 e. The number of rotatable bonds is 12. The molecule has 0 aliphatic carbocycles. The average molecular weight is 405 g/mol. The van der Waals surface area contributed by atoms with Gasteiger partial charge in [0.1, 0.15) is 0 Å². The molecule has 0 bridgehead atoms. The van der Waals surface area contributed by atoms with E-state index in [2.05, 4.69) is 22.8 Å². The van der Waals surface area contributed by atoms with Crippen molar-refractivity contribution >= 4 is 11.8 Å². The molecule has 1 heterocycles. The molecule has 1 aromatic carbocycles. The summed E-state index contributed by atoms with van der Waals surface area (Å²) in [5.41, 5.74) is 1.32. The van der Waals surface area contributed by atoms with E-state index in [1.165, 1.54) is 5.56 Å². The molecule has 1 saturated heterocycles. The van der Waals surface area contributed by atoms with Gasteiger partial charge in [-0.05, 0) is 44.1 Å². The molecule has 1 aliphatic heterocycles. The molecule has 2 unspecified atom stereocenters. The molecule has 1 fully saturated rings. The van der Waals surface area contributed by atoms with Gasteiger partial charge in [0.05, 0.1) is 12.6 Å². The first-order valence-electron chi connectivity index (χ1n) is 10.9. The normalized spacial score (nSPS) is 19.9. The van der Waals surface area contributed by atoms with E-state index in [4.69, 9.17) is 9.47 Å². The number of hydrogen-bond acceptors (Lipinski definition) is 4. The van der Waals surface area contributed by atoms with E-state index in [-0.39, 0.29) is 36.1 Å². The first-order chi connectivity index (χ1) is 14.0. The van der Waals surface area contributed by atoms with Gasteiger partial charge >= 0.3 is 0 Å². The van der Waals surface area contributed by atoms with Gasteiger partial charge in [-0.1, -0.05) is 44.2 Å². The molecule has 3 atom stereocenters. The van der Waals surface area contributed by atoms with Gasteiger partial charge in [-0.2, -0.15) is 0 Å². The van der Waals surface area contributed by atoms with Crippen LogP contribution < -0.4 is 10.6 Å². The maximum absolute atomic E-state index is 12.8. The zero-order valence-corrected chi connectivity index (χ0v) is 18.0. The Balaban J connectivity index is 1.71. The molecular weight excluding hydrogens is 368 g/mol. The predicted molar refractivity (Wildman–Crippen MR) is 113 cm³/mol. The maximum Gasteiger partial charge on any atom is 0.224 e. The van der Waals surface area contributed by atoms with Crippen molar-refractivity contribution in [3.63, 3.8) is 0 Å². The van der Waals surface area contributed by atoms with E-state index >= 15 is 0 Å². The van der Waals surface area contributed by atoms with Crippen molar-refractivity contribution < 1.29 is 19.1 Å². The molecule has 6 nitrogen and oxygen atoms in total. The number of benzene rings is 1. The van der Waals surface area contributed by atoms with Crippen LogP contribution in [0.5, 0.6) is 0 Å². The monoisotopic (exact) mass is 404 g/mol. The number of amides is 2. The van der Waals surface area contributed by atoms with Crippen LogP contribution in [0.1, 0.15) is 52.0 Å². The van der Waals surface area contributed by atoms with Crippen LogP contribution in [0.25, 0.3) is 0 Å². The molecule has 0 spiro atoms. The lowest BCUT2D eigenvalue weighted by Gasteiger charge is -2.24. The van der Waals surface area contributed by atoms with E-state index in [9.17, 15) is 9.59 Å². The van der Waals surface area contributed by atoms with Gasteiger partial charge < -0.3 is 20.1 Å². The summed E-state index contributed by atoms with van der Waals surface area (Å²) >= 11 is 0.